The molecule has 9 heavy (non-hydrogen) atoms. The molecule has 0 aromatic rings. The fourth-order valence-electron chi connectivity index (χ4n) is 1.08. The van der Waals surface area contributed by atoms with Crippen LogP contribution in [0.5, 0.6) is 0 Å². The van der Waals surface area contributed by atoms with Gasteiger partial charge in [0.25, 0.3) is 0 Å². The highest BCUT2D eigenvalue weighted by molar-refractivity contribution is 7.37. The fourth-order valence-corrected chi connectivity index (χ4v) is 2.25. The Balaban J connectivity index is 2.15. The third kappa shape index (κ3) is 2.47. The molecule has 1 nitrogen and oxygen atoms in total. The van der Waals surface area contributed by atoms with Gasteiger partial charge in [-0.3, -0.25) is 4.90 Å². The maximum absolute atomic E-state index is 3.72. The molecule has 0 radical (unpaired) electrons. The van der Waals surface area contributed by atoms with Crippen molar-refractivity contribution in [2.24, 2.45) is 0 Å². The summed E-state index contributed by atoms with van der Waals surface area (Å²) in [5, 5.41) is 0. The normalized spacial score (nSPS) is 24.4. The van der Waals surface area contributed by atoms with Gasteiger partial charge in [0, 0.05) is 12.8 Å². The monoisotopic (exact) mass is 143 g/mol. The Bertz CT molecular complexity index is 86.9. The minimum absolute atomic E-state index is 1.09. The zero-order valence-corrected chi connectivity index (χ0v) is 6.77. The summed E-state index contributed by atoms with van der Waals surface area (Å²) in [6.07, 6.45) is 6.15. The molecule has 1 rings (SSSR count). The van der Waals surface area contributed by atoms with E-state index in [0.29, 0.717) is 0 Å². The van der Waals surface area contributed by atoms with E-state index in [0.717, 1.165) is 6.54 Å². The molecule has 1 heterocycles. The molecule has 52 valence electrons. The summed E-state index contributed by atoms with van der Waals surface area (Å²) in [4.78, 5) is 2.47. The highest BCUT2D eigenvalue weighted by atomic mass is 31.1. The van der Waals surface area contributed by atoms with Crippen LogP contribution in [0.3, 0.4) is 0 Å². The summed E-state index contributed by atoms with van der Waals surface area (Å²) < 4.78 is 0. The van der Waals surface area contributed by atoms with Gasteiger partial charge < -0.3 is 0 Å². The maximum atomic E-state index is 3.72. The van der Waals surface area contributed by atoms with Crippen LogP contribution >= 0.6 is 8.58 Å². The van der Waals surface area contributed by atoms with Crippen molar-refractivity contribution in [3.8, 4) is 0 Å². The quantitative estimate of drug-likeness (QED) is 0.418. The Morgan fingerprint density at radius 1 is 1.67 bits per heavy atom. The molecule has 0 spiro atoms. The van der Waals surface area contributed by atoms with Gasteiger partial charge in [0.2, 0.25) is 0 Å². The Labute approximate surface area is 58.9 Å². The van der Waals surface area contributed by atoms with Gasteiger partial charge in [0.15, 0.2) is 0 Å². The first-order chi connectivity index (χ1) is 4.43. The average molecular weight is 143 g/mol. The lowest BCUT2D eigenvalue weighted by atomic mass is 10.4. The van der Waals surface area contributed by atoms with Crippen LogP contribution < -0.4 is 0 Å². The molecule has 1 aliphatic heterocycles. The Morgan fingerprint density at radius 3 is 3.11 bits per heavy atom. The van der Waals surface area contributed by atoms with Crippen LogP contribution in [0.4, 0.5) is 0 Å². The molecule has 2 heteroatoms. The van der Waals surface area contributed by atoms with Gasteiger partial charge in [-0.05, 0) is 19.1 Å². The van der Waals surface area contributed by atoms with Crippen molar-refractivity contribution >= 4 is 8.58 Å². The molecule has 0 aromatic heterocycles. The van der Waals surface area contributed by atoms with Crippen molar-refractivity contribution in [2.45, 2.75) is 6.42 Å². The van der Waals surface area contributed by atoms with E-state index in [4.69, 9.17) is 0 Å². The molecule has 0 saturated carbocycles. The summed E-state index contributed by atoms with van der Waals surface area (Å²) in [5.74, 6) is 0. The smallest absolute Gasteiger partial charge is 0.0164 e. The van der Waals surface area contributed by atoms with Crippen LogP contribution in [0.2, 0.25) is 0 Å². The molecule has 0 aliphatic carbocycles. The van der Waals surface area contributed by atoms with Gasteiger partial charge in [0.1, 0.15) is 0 Å². The van der Waals surface area contributed by atoms with E-state index >= 15 is 0 Å². The van der Waals surface area contributed by atoms with Crippen LogP contribution in [-0.2, 0) is 0 Å². The fraction of sp³-hybridized carbons (Fsp3) is 0.714. The predicted octanol–water partition coefficient (Wildman–Crippen LogP) is 1.51. The maximum Gasteiger partial charge on any atom is 0.0164 e. The number of rotatable bonds is 2. The zero-order valence-electron chi connectivity index (χ0n) is 5.77. The molecular weight excluding hydrogens is 129 g/mol. The van der Waals surface area contributed by atoms with E-state index in [-0.39, 0.29) is 0 Å². The summed E-state index contributed by atoms with van der Waals surface area (Å²) >= 11 is 0. The van der Waals surface area contributed by atoms with Gasteiger partial charge in [0.05, 0.1) is 0 Å². The highest BCUT2D eigenvalue weighted by Crippen LogP contribution is 2.18. The van der Waals surface area contributed by atoms with Crippen LogP contribution in [0.1, 0.15) is 6.42 Å². The summed E-state index contributed by atoms with van der Waals surface area (Å²) in [6, 6.07) is 0. The lowest BCUT2D eigenvalue weighted by Gasteiger charge is -2.24. The minimum Gasteiger partial charge on any atom is -0.296 e. The topological polar surface area (TPSA) is 3.24 Å². The van der Waals surface area contributed by atoms with E-state index in [9.17, 15) is 0 Å². The van der Waals surface area contributed by atoms with Gasteiger partial charge in [-0.1, -0.05) is 6.08 Å². The molecule has 0 bridgehead atoms. The van der Waals surface area contributed by atoms with Crippen molar-refractivity contribution in [2.75, 3.05) is 25.5 Å². The van der Waals surface area contributed by atoms with Crippen LogP contribution in [-0.4, -0.2) is 30.4 Å². The van der Waals surface area contributed by atoms with Crippen LogP contribution in [0, 0.1) is 0 Å². The molecule has 1 unspecified atom stereocenters. The number of hydrogen-bond donors (Lipinski definition) is 0. The van der Waals surface area contributed by atoms with Crippen molar-refractivity contribution in [3.05, 3.63) is 12.7 Å². The van der Waals surface area contributed by atoms with E-state index in [2.05, 4.69) is 11.5 Å². The molecule has 1 atom stereocenters. The lowest BCUT2D eigenvalue weighted by molar-refractivity contribution is 0.345. The van der Waals surface area contributed by atoms with Gasteiger partial charge in [-0.2, -0.15) is 0 Å². The van der Waals surface area contributed by atoms with Crippen LogP contribution in [0.15, 0.2) is 12.7 Å². The van der Waals surface area contributed by atoms with E-state index < -0.39 is 0 Å². The molecule has 0 N–H and O–H groups in total. The largest absolute Gasteiger partial charge is 0.296 e. The minimum atomic E-state index is 1.09. The SMILES string of the molecule is C=CCN1CCCPC1. The molecule has 0 aromatic carbocycles. The second-order valence-corrected chi connectivity index (χ2v) is 3.69. The van der Waals surface area contributed by atoms with Crippen molar-refractivity contribution in [1.29, 1.82) is 0 Å². The first-order valence-corrected chi connectivity index (χ1v) is 4.89. The average Bonchev–Trinajstić information content (AvgIpc) is 1.91. The Morgan fingerprint density at radius 2 is 2.56 bits per heavy atom. The van der Waals surface area contributed by atoms with Crippen LogP contribution in [0.25, 0.3) is 0 Å². The lowest BCUT2D eigenvalue weighted by Crippen LogP contribution is -2.27. The first-order valence-electron chi connectivity index (χ1n) is 3.47. The second kappa shape index (κ2) is 4.03. The number of hydrogen-bond acceptors (Lipinski definition) is 1. The standard InChI is InChI=1S/C7H14NP/c1-2-4-8-5-3-6-9-7-8/h2,9H,1,3-7H2. The summed E-state index contributed by atoms with van der Waals surface area (Å²) in [6.45, 7) is 6.10. The molecule has 1 fully saturated rings. The molecular formula is C7H14NP. The second-order valence-electron chi connectivity index (χ2n) is 2.38. The third-order valence-corrected chi connectivity index (χ3v) is 2.93. The molecule has 1 aliphatic rings. The van der Waals surface area contributed by atoms with Crippen molar-refractivity contribution < 1.29 is 0 Å². The Kier molecular flexibility index (Phi) is 3.24. The van der Waals surface area contributed by atoms with Crippen molar-refractivity contribution in [3.63, 3.8) is 0 Å². The third-order valence-electron chi connectivity index (χ3n) is 1.55. The Hall–Kier alpha value is 0.130. The number of nitrogens with zero attached hydrogens (tertiary/aromatic N) is 1. The summed E-state index contributed by atoms with van der Waals surface area (Å²) in [7, 11) is 1.17. The van der Waals surface area contributed by atoms with Gasteiger partial charge in [-0.15, -0.1) is 15.2 Å². The van der Waals surface area contributed by atoms with E-state index in [1.807, 2.05) is 6.08 Å². The van der Waals surface area contributed by atoms with E-state index in [1.54, 1.807) is 0 Å². The van der Waals surface area contributed by atoms with E-state index in [1.165, 1.54) is 34.0 Å². The van der Waals surface area contributed by atoms with Crippen molar-refractivity contribution in [1.82, 2.24) is 4.90 Å². The van der Waals surface area contributed by atoms with Gasteiger partial charge >= 0.3 is 0 Å². The molecule has 1 saturated heterocycles. The molecule has 0 amide bonds. The first kappa shape index (κ1) is 7.24. The van der Waals surface area contributed by atoms with Gasteiger partial charge in [-0.25, -0.2) is 0 Å². The summed E-state index contributed by atoms with van der Waals surface area (Å²) in [5.41, 5.74) is 0. The highest BCUT2D eigenvalue weighted by Gasteiger charge is 2.06. The predicted molar refractivity (Wildman–Crippen MR) is 44.4 cm³/mol. The zero-order chi connectivity index (χ0) is 6.53.